The molecule has 2 nitrogen and oxygen atoms in total. The van der Waals surface area contributed by atoms with Crippen LogP contribution >= 0.6 is 0 Å². The number of hydrogen-bond acceptors (Lipinski definition) is 2. The molecule has 0 radical (unpaired) electrons. The Labute approximate surface area is 81.6 Å². The second-order valence-electron chi connectivity index (χ2n) is 3.46. The Balaban J connectivity index is 3.74. The highest BCUT2D eigenvalue weighted by molar-refractivity contribution is 4.89. The van der Waals surface area contributed by atoms with Gasteiger partial charge in [-0.25, -0.2) is 0 Å². The first-order valence-corrected chi connectivity index (χ1v) is 5.04. The van der Waals surface area contributed by atoms with Crippen molar-refractivity contribution in [2.24, 2.45) is 5.92 Å². The molecule has 0 amide bonds. The molecule has 0 rings (SSSR count). The van der Waals surface area contributed by atoms with Crippen molar-refractivity contribution in [1.29, 1.82) is 0 Å². The van der Waals surface area contributed by atoms with Crippen LogP contribution in [0.3, 0.4) is 0 Å². The number of rotatable bonds is 7. The fourth-order valence-electron chi connectivity index (χ4n) is 1.14. The van der Waals surface area contributed by atoms with E-state index in [-0.39, 0.29) is 12.7 Å². The van der Waals surface area contributed by atoms with E-state index in [1.54, 1.807) is 7.11 Å². The molecule has 0 aromatic rings. The van der Waals surface area contributed by atoms with Gasteiger partial charge in [-0.1, -0.05) is 32.4 Å². The number of aliphatic hydroxyl groups is 1. The Morgan fingerprint density at radius 1 is 1.46 bits per heavy atom. The maximum atomic E-state index is 8.59. The van der Waals surface area contributed by atoms with Crippen LogP contribution in [-0.4, -0.2) is 24.9 Å². The molecule has 2 atom stereocenters. The third kappa shape index (κ3) is 6.79. The highest BCUT2D eigenvalue weighted by Crippen LogP contribution is 2.12. The first kappa shape index (κ1) is 12.7. The zero-order valence-electron chi connectivity index (χ0n) is 8.99. The average molecular weight is 186 g/mol. The standard InChI is InChI=1S/C11H22O2/c1-4-10(2)9-11(13-3)7-5-6-8-12/h5,7,10-12H,4,6,8-9H2,1-3H3/b7-5+. The molecule has 0 heterocycles. The highest BCUT2D eigenvalue weighted by Gasteiger charge is 2.07. The van der Waals surface area contributed by atoms with Crippen molar-refractivity contribution in [3.05, 3.63) is 12.2 Å². The van der Waals surface area contributed by atoms with E-state index in [2.05, 4.69) is 13.8 Å². The van der Waals surface area contributed by atoms with Gasteiger partial charge in [0.05, 0.1) is 6.10 Å². The SMILES string of the molecule is CCC(C)CC(/C=C/CCO)OC. The van der Waals surface area contributed by atoms with E-state index >= 15 is 0 Å². The minimum Gasteiger partial charge on any atom is -0.396 e. The number of aliphatic hydroxyl groups excluding tert-OH is 1. The fraction of sp³-hybridized carbons (Fsp3) is 0.818. The summed E-state index contributed by atoms with van der Waals surface area (Å²) in [5, 5.41) is 8.59. The molecule has 13 heavy (non-hydrogen) atoms. The lowest BCUT2D eigenvalue weighted by Crippen LogP contribution is -2.11. The Morgan fingerprint density at radius 3 is 2.62 bits per heavy atom. The monoisotopic (exact) mass is 186 g/mol. The summed E-state index contributed by atoms with van der Waals surface area (Å²) in [6, 6.07) is 0. The van der Waals surface area contributed by atoms with Gasteiger partial charge < -0.3 is 9.84 Å². The zero-order chi connectivity index (χ0) is 10.1. The maximum absolute atomic E-state index is 8.59. The Kier molecular flexibility index (Phi) is 8.05. The van der Waals surface area contributed by atoms with E-state index in [1.807, 2.05) is 12.2 Å². The molecule has 0 bridgehead atoms. The maximum Gasteiger partial charge on any atom is 0.0754 e. The molecule has 0 aromatic carbocycles. The summed E-state index contributed by atoms with van der Waals surface area (Å²) in [7, 11) is 1.73. The molecule has 0 saturated heterocycles. The van der Waals surface area contributed by atoms with Crippen LogP contribution in [0.1, 0.15) is 33.1 Å². The van der Waals surface area contributed by atoms with Gasteiger partial charge in [-0.05, 0) is 18.8 Å². The molecule has 1 N–H and O–H groups in total. The van der Waals surface area contributed by atoms with E-state index < -0.39 is 0 Å². The summed E-state index contributed by atoms with van der Waals surface area (Å²) >= 11 is 0. The minimum absolute atomic E-state index is 0.210. The molecular weight excluding hydrogens is 164 g/mol. The summed E-state index contributed by atoms with van der Waals surface area (Å²) < 4.78 is 5.30. The highest BCUT2D eigenvalue weighted by atomic mass is 16.5. The molecule has 0 fully saturated rings. The summed E-state index contributed by atoms with van der Waals surface area (Å²) in [5.41, 5.74) is 0. The van der Waals surface area contributed by atoms with Crippen molar-refractivity contribution in [3.63, 3.8) is 0 Å². The van der Waals surface area contributed by atoms with Crippen LogP contribution in [0.25, 0.3) is 0 Å². The van der Waals surface area contributed by atoms with Gasteiger partial charge in [-0.3, -0.25) is 0 Å². The van der Waals surface area contributed by atoms with Gasteiger partial charge in [0.2, 0.25) is 0 Å². The molecule has 2 heteroatoms. The summed E-state index contributed by atoms with van der Waals surface area (Å²) in [6.07, 6.45) is 7.21. The van der Waals surface area contributed by atoms with Gasteiger partial charge in [0.15, 0.2) is 0 Å². The van der Waals surface area contributed by atoms with Crippen molar-refractivity contribution < 1.29 is 9.84 Å². The summed E-state index contributed by atoms with van der Waals surface area (Å²) in [4.78, 5) is 0. The van der Waals surface area contributed by atoms with Crippen molar-refractivity contribution in [2.75, 3.05) is 13.7 Å². The predicted octanol–water partition coefficient (Wildman–Crippen LogP) is 2.38. The van der Waals surface area contributed by atoms with Gasteiger partial charge in [0, 0.05) is 13.7 Å². The van der Waals surface area contributed by atoms with Crippen LogP contribution in [0.2, 0.25) is 0 Å². The third-order valence-corrected chi connectivity index (χ3v) is 2.28. The van der Waals surface area contributed by atoms with Crippen LogP contribution in [0.5, 0.6) is 0 Å². The minimum atomic E-state index is 0.210. The van der Waals surface area contributed by atoms with Gasteiger partial charge in [-0.15, -0.1) is 0 Å². The quantitative estimate of drug-likeness (QED) is 0.618. The zero-order valence-corrected chi connectivity index (χ0v) is 8.99. The largest absolute Gasteiger partial charge is 0.396 e. The normalized spacial score (nSPS) is 16.3. The summed E-state index contributed by atoms with van der Waals surface area (Å²) in [6.45, 7) is 4.64. The Bertz CT molecular complexity index is 132. The van der Waals surface area contributed by atoms with E-state index in [0.717, 1.165) is 12.8 Å². The lowest BCUT2D eigenvalue weighted by Gasteiger charge is -2.15. The Hall–Kier alpha value is -0.340. The van der Waals surface area contributed by atoms with Gasteiger partial charge in [-0.2, -0.15) is 0 Å². The predicted molar refractivity (Wildman–Crippen MR) is 55.7 cm³/mol. The number of hydrogen-bond donors (Lipinski definition) is 1. The molecule has 0 aliphatic rings. The van der Waals surface area contributed by atoms with Crippen molar-refractivity contribution in [3.8, 4) is 0 Å². The van der Waals surface area contributed by atoms with Crippen LogP contribution in [-0.2, 0) is 4.74 Å². The van der Waals surface area contributed by atoms with Crippen LogP contribution < -0.4 is 0 Å². The lowest BCUT2D eigenvalue weighted by atomic mass is 10.0. The molecule has 0 aromatic heterocycles. The molecule has 0 aliphatic heterocycles. The third-order valence-electron chi connectivity index (χ3n) is 2.28. The molecular formula is C11H22O2. The summed E-state index contributed by atoms with van der Waals surface area (Å²) in [5.74, 6) is 0.698. The van der Waals surface area contributed by atoms with Gasteiger partial charge >= 0.3 is 0 Å². The fourth-order valence-corrected chi connectivity index (χ4v) is 1.14. The molecule has 0 spiro atoms. The van der Waals surface area contributed by atoms with Crippen molar-refractivity contribution in [1.82, 2.24) is 0 Å². The first-order chi connectivity index (χ1) is 6.24. The van der Waals surface area contributed by atoms with Crippen LogP contribution in [0.15, 0.2) is 12.2 Å². The number of methoxy groups -OCH3 is 1. The average Bonchev–Trinajstić information content (AvgIpc) is 2.16. The smallest absolute Gasteiger partial charge is 0.0754 e. The van der Waals surface area contributed by atoms with Crippen LogP contribution in [0.4, 0.5) is 0 Å². The van der Waals surface area contributed by atoms with E-state index in [1.165, 1.54) is 6.42 Å². The van der Waals surface area contributed by atoms with Crippen molar-refractivity contribution in [2.45, 2.75) is 39.2 Å². The molecule has 0 aliphatic carbocycles. The van der Waals surface area contributed by atoms with Crippen molar-refractivity contribution >= 4 is 0 Å². The first-order valence-electron chi connectivity index (χ1n) is 5.04. The second-order valence-corrected chi connectivity index (χ2v) is 3.46. The molecule has 2 unspecified atom stereocenters. The van der Waals surface area contributed by atoms with E-state index in [4.69, 9.17) is 9.84 Å². The number of ether oxygens (including phenoxy) is 1. The Morgan fingerprint density at radius 2 is 2.15 bits per heavy atom. The topological polar surface area (TPSA) is 29.5 Å². The van der Waals surface area contributed by atoms with E-state index in [0.29, 0.717) is 5.92 Å². The van der Waals surface area contributed by atoms with Gasteiger partial charge in [0.1, 0.15) is 0 Å². The lowest BCUT2D eigenvalue weighted by molar-refractivity contribution is 0.119. The molecule has 78 valence electrons. The van der Waals surface area contributed by atoms with E-state index in [9.17, 15) is 0 Å². The molecule has 0 saturated carbocycles. The van der Waals surface area contributed by atoms with Gasteiger partial charge in [0.25, 0.3) is 0 Å². The van der Waals surface area contributed by atoms with Crippen LogP contribution in [0, 0.1) is 5.92 Å². The second kappa shape index (κ2) is 8.27.